The van der Waals surface area contributed by atoms with Crippen LogP contribution < -0.4 is 5.32 Å². The molecule has 2 heterocycles. The molecule has 1 N–H and O–H groups in total. The number of carbonyl (C=O) groups excluding carboxylic acids is 3. The number of anilines is 1. The number of hydrogen-bond donors (Lipinski definition) is 1. The number of para-hydroxylation sites is 1. The summed E-state index contributed by atoms with van der Waals surface area (Å²) in [6, 6.07) is 16.4. The topological polar surface area (TPSA) is 84.3 Å². The normalized spacial score (nSPS) is 14.7. The smallest absolute Gasteiger partial charge is 0.261 e. The fourth-order valence-electron chi connectivity index (χ4n) is 4.13. The Bertz CT molecular complexity index is 1130. The summed E-state index contributed by atoms with van der Waals surface area (Å²) in [5.74, 6) is -0.267. The molecule has 0 radical (unpaired) electrons. The van der Waals surface area contributed by atoms with Crippen LogP contribution in [0.1, 0.15) is 44.8 Å². The number of nitrogens with one attached hydrogen (secondary N) is 1. The van der Waals surface area contributed by atoms with E-state index in [-0.39, 0.29) is 30.7 Å². The monoisotopic (exact) mass is 400 g/mol. The van der Waals surface area contributed by atoms with Crippen LogP contribution in [0.25, 0.3) is 5.69 Å². The molecule has 2 aliphatic rings. The Balaban J connectivity index is 1.33. The van der Waals surface area contributed by atoms with Crippen LogP contribution in [0.4, 0.5) is 5.82 Å². The first kappa shape index (κ1) is 18.3. The second-order valence-corrected chi connectivity index (χ2v) is 7.48. The highest BCUT2D eigenvalue weighted by atomic mass is 16.2. The lowest BCUT2D eigenvalue weighted by Gasteiger charge is -2.15. The van der Waals surface area contributed by atoms with E-state index in [9.17, 15) is 14.4 Å². The summed E-state index contributed by atoms with van der Waals surface area (Å²) in [4.78, 5) is 38.9. The van der Waals surface area contributed by atoms with E-state index in [1.54, 1.807) is 28.9 Å². The highest BCUT2D eigenvalue weighted by molar-refractivity contribution is 6.21. The van der Waals surface area contributed by atoms with Crippen LogP contribution in [0, 0.1) is 0 Å². The molecule has 3 amide bonds. The van der Waals surface area contributed by atoms with Gasteiger partial charge in [-0.1, -0.05) is 30.3 Å². The third-order valence-electron chi connectivity index (χ3n) is 5.61. The van der Waals surface area contributed by atoms with Gasteiger partial charge >= 0.3 is 0 Å². The molecule has 2 aromatic carbocycles. The van der Waals surface area contributed by atoms with E-state index in [0.717, 1.165) is 41.1 Å². The molecule has 1 aliphatic heterocycles. The maximum absolute atomic E-state index is 12.7. The minimum Gasteiger partial charge on any atom is -0.310 e. The van der Waals surface area contributed by atoms with E-state index < -0.39 is 0 Å². The van der Waals surface area contributed by atoms with Gasteiger partial charge in [0.2, 0.25) is 5.91 Å². The van der Waals surface area contributed by atoms with Crippen molar-refractivity contribution in [1.82, 2.24) is 14.7 Å². The Morgan fingerprint density at radius 2 is 1.60 bits per heavy atom. The van der Waals surface area contributed by atoms with Crippen molar-refractivity contribution in [2.75, 3.05) is 11.9 Å². The molecule has 0 atom stereocenters. The molecule has 1 aromatic heterocycles. The largest absolute Gasteiger partial charge is 0.310 e. The fourth-order valence-corrected chi connectivity index (χ4v) is 4.13. The van der Waals surface area contributed by atoms with Crippen molar-refractivity contribution >= 4 is 23.5 Å². The van der Waals surface area contributed by atoms with E-state index in [2.05, 4.69) is 10.4 Å². The number of rotatable bonds is 5. The summed E-state index contributed by atoms with van der Waals surface area (Å²) in [5, 5.41) is 7.66. The quantitative estimate of drug-likeness (QED) is 0.668. The average Bonchev–Trinajstić information content (AvgIpc) is 3.42. The molecule has 7 nitrogen and oxygen atoms in total. The molecule has 0 unspecified atom stereocenters. The Labute approximate surface area is 173 Å². The number of aromatic nitrogens is 2. The fraction of sp³-hybridized carbons (Fsp3) is 0.217. The van der Waals surface area contributed by atoms with Gasteiger partial charge in [0.15, 0.2) is 0 Å². The number of nitrogens with zero attached hydrogens (tertiary/aromatic N) is 3. The molecule has 0 bridgehead atoms. The van der Waals surface area contributed by atoms with E-state index >= 15 is 0 Å². The van der Waals surface area contributed by atoms with Crippen LogP contribution in [0.2, 0.25) is 0 Å². The first-order chi connectivity index (χ1) is 14.6. The summed E-state index contributed by atoms with van der Waals surface area (Å²) in [6.07, 6.45) is 2.81. The number of hydrogen-bond acceptors (Lipinski definition) is 4. The van der Waals surface area contributed by atoms with Crippen molar-refractivity contribution in [3.8, 4) is 5.69 Å². The SMILES string of the molecule is O=C(CCN1C(=O)c2ccccc2C1=O)Nc1c2c(nn1-c1ccccc1)CCC2. The van der Waals surface area contributed by atoms with Crippen LogP contribution in [-0.4, -0.2) is 38.9 Å². The highest BCUT2D eigenvalue weighted by Gasteiger charge is 2.35. The van der Waals surface area contributed by atoms with Crippen molar-refractivity contribution in [2.24, 2.45) is 0 Å². The van der Waals surface area contributed by atoms with Crippen LogP contribution in [0.3, 0.4) is 0 Å². The Morgan fingerprint density at radius 1 is 0.933 bits per heavy atom. The standard InChI is InChI=1S/C23H20N4O3/c28-20(13-14-26-22(29)16-9-4-5-10-17(16)23(26)30)24-21-18-11-6-12-19(18)25-27(21)15-7-2-1-3-8-15/h1-5,7-10H,6,11-14H2,(H,24,28). The number of fused-ring (bicyclic) bond motifs is 2. The second-order valence-electron chi connectivity index (χ2n) is 7.48. The zero-order chi connectivity index (χ0) is 20.7. The molecule has 0 saturated heterocycles. The van der Waals surface area contributed by atoms with Gasteiger partial charge in [-0.3, -0.25) is 19.3 Å². The maximum Gasteiger partial charge on any atom is 0.261 e. The van der Waals surface area contributed by atoms with E-state index in [1.807, 2.05) is 30.3 Å². The summed E-state index contributed by atoms with van der Waals surface area (Å²) in [6.45, 7) is 0.0415. The maximum atomic E-state index is 12.7. The number of benzene rings is 2. The number of carbonyl (C=O) groups is 3. The third-order valence-corrected chi connectivity index (χ3v) is 5.61. The van der Waals surface area contributed by atoms with Crippen molar-refractivity contribution in [3.63, 3.8) is 0 Å². The van der Waals surface area contributed by atoms with Crippen LogP contribution in [-0.2, 0) is 17.6 Å². The van der Waals surface area contributed by atoms with Gasteiger partial charge < -0.3 is 5.32 Å². The van der Waals surface area contributed by atoms with Crippen molar-refractivity contribution in [2.45, 2.75) is 25.7 Å². The Kier molecular flexibility index (Phi) is 4.43. The molecule has 5 rings (SSSR count). The zero-order valence-electron chi connectivity index (χ0n) is 16.3. The van der Waals surface area contributed by atoms with E-state index in [4.69, 9.17) is 0 Å². The Hall–Kier alpha value is -3.74. The highest BCUT2D eigenvalue weighted by Crippen LogP contribution is 2.31. The summed E-state index contributed by atoms with van der Waals surface area (Å²) in [7, 11) is 0. The summed E-state index contributed by atoms with van der Waals surface area (Å²) >= 11 is 0. The van der Waals surface area contributed by atoms with Gasteiger partial charge in [0.05, 0.1) is 22.5 Å². The van der Waals surface area contributed by atoms with Crippen molar-refractivity contribution in [1.29, 1.82) is 0 Å². The lowest BCUT2D eigenvalue weighted by atomic mass is 10.1. The predicted molar refractivity (Wildman–Crippen MR) is 111 cm³/mol. The van der Waals surface area contributed by atoms with Gasteiger partial charge in [-0.2, -0.15) is 5.10 Å². The molecule has 0 saturated carbocycles. The van der Waals surface area contributed by atoms with Gasteiger partial charge in [-0.05, 0) is 43.5 Å². The first-order valence-electron chi connectivity index (χ1n) is 10.0. The molecule has 150 valence electrons. The first-order valence-corrected chi connectivity index (χ1v) is 10.0. The van der Waals surface area contributed by atoms with Crippen molar-refractivity contribution in [3.05, 3.63) is 77.0 Å². The zero-order valence-corrected chi connectivity index (χ0v) is 16.3. The van der Waals surface area contributed by atoms with E-state index in [0.29, 0.717) is 16.9 Å². The summed E-state index contributed by atoms with van der Waals surface area (Å²) in [5.41, 5.74) is 3.73. The lowest BCUT2D eigenvalue weighted by molar-refractivity contribution is -0.116. The second kappa shape index (κ2) is 7.26. The molecule has 7 heteroatoms. The lowest BCUT2D eigenvalue weighted by Crippen LogP contribution is -2.33. The van der Waals surface area contributed by atoms with Crippen LogP contribution in [0.15, 0.2) is 54.6 Å². The van der Waals surface area contributed by atoms with Crippen molar-refractivity contribution < 1.29 is 14.4 Å². The average molecular weight is 400 g/mol. The van der Waals surface area contributed by atoms with Crippen LogP contribution in [0.5, 0.6) is 0 Å². The van der Waals surface area contributed by atoms with E-state index in [1.165, 1.54) is 0 Å². The van der Waals surface area contributed by atoms with Gasteiger partial charge in [0.1, 0.15) is 5.82 Å². The van der Waals surface area contributed by atoms with Crippen LogP contribution >= 0.6 is 0 Å². The molecule has 0 spiro atoms. The molecular formula is C23H20N4O3. The molecule has 3 aromatic rings. The number of aryl methyl sites for hydroxylation is 1. The summed E-state index contributed by atoms with van der Waals surface area (Å²) < 4.78 is 1.77. The van der Waals surface area contributed by atoms with Gasteiger partial charge in [-0.15, -0.1) is 0 Å². The minimum absolute atomic E-state index is 0.0280. The molecular weight excluding hydrogens is 380 g/mol. The van der Waals surface area contributed by atoms with Gasteiger partial charge in [0, 0.05) is 18.5 Å². The Morgan fingerprint density at radius 3 is 2.30 bits per heavy atom. The molecule has 1 aliphatic carbocycles. The van der Waals surface area contributed by atoms with Gasteiger partial charge in [-0.25, -0.2) is 4.68 Å². The third kappa shape index (κ3) is 2.99. The molecule has 0 fully saturated rings. The predicted octanol–water partition coefficient (Wildman–Crippen LogP) is 2.99. The molecule has 30 heavy (non-hydrogen) atoms. The van der Waals surface area contributed by atoms with Gasteiger partial charge in [0.25, 0.3) is 11.8 Å². The minimum atomic E-state index is -0.349. The number of amides is 3. The number of imide groups is 1.